The first-order valence-corrected chi connectivity index (χ1v) is 13.1. The van der Waals surface area contributed by atoms with Gasteiger partial charge in [0.05, 0.1) is 23.2 Å². The molecule has 4 heterocycles. The largest absolute Gasteiger partial charge is 0.487 e. The molecule has 0 aliphatic rings. The Morgan fingerprint density at radius 1 is 1.23 bits per heavy atom. The highest BCUT2D eigenvalue weighted by Gasteiger charge is 2.29. The van der Waals surface area contributed by atoms with Crippen molar-refractivity contribution in [2.45, 2.75) is 38.7 Å². The van der Waals surface area contributed by atoms with Gasteiger partial charge in [-0.15, -0.1) is 11.3 Å². The van der Waals surface area contributed by atoms with Crippen LogP contribution in [0.1, 0.15) is 20.9 Å². The van der Waals surface area contributed by atoms with Crippen LogP contribution in [0, 0.1) is 6.01 Å². The van der Waals surface area contributed by atoms with E-state index in [9.17, 15) is 22.4 Å². The quantitative estimate of drug-likeness (QED) is 0.156. The zero-order valence-electron chi connectivity index (χ0n) is 22.4. The molecule has 0 amide bonds. The number of Topliss-reactive ketones (excluding diaryl/α,β-unsaturated/α-hetero) is 1. The van der Waals surface area contributed by atoms with E-state index < -0.39 is 37.1 Å². The summed E-state index contributed by atoms with van der Waals surface area (Å²) in [5.41, 5.74) is -0.0863. The van der Waals surface area contributed by atoms with E-state index in [2.05, 4.69) is 31.0 Å². The van der Waals surface area contributed by atoms with E-state index in [0.29, 0.717) is 29.8 Å². The van der Waals surface area contributed by atoms with Gasteiger partial charge in [0.15, 0.2) is 11.9 Å². The minimum absolute atomic E-state index is 0.0104. The van der Waals surface area contributed by atoms with Crippen molar-refractivity contribution in [2.24, 2.45) is 0 Å². The number of benzene rings is 1. The molecular formula is C26H19BrF4N4O4S. The van der Waals surface area contributed by atoms with Gasteiger partial charge in [0.1, 0.15) is 35.8 Å². The normalized spacial score (nSPS) is 13.7. The number of carbonyl (C=O) groups is 1. The van der Waals surface area contributed by atoms with E-state index >= 15 is 0 Å². The summed E-state index contributed by atoms with van der Waals surface area (Å²) in [6, 6.07) is 9.18. The fourth-order valence-electron chi connectivity index (χ4n) is 3.76. The average Bonchev–Trinajstić information content (AvgIpc) is 3.63. The molecule has 0 bridgehead atoms. The van der Waals surface area contributed by atoms with E-state index in [-0.39, 0.29) is 29.6 Å². The van der Waals surface area contributed by atoms with Gasteiger partial charge in [-0.2, -0.15) is 22.7 Å². The molecule has 0 saturated heterocycles. The predicted octanol–water partition coefficient (Wildman–Crippen LogP) is 6.77. The van der Waals surface area contributed by atoms with E-state index in [1.807, 2.05) is 0 Å². The molecular weight excluding hydrogens is 620 g/mol. The van der Waals surface area contributed by atoms with Crippen LogP contribution in [-0.4, -0.2) is 37.8 Å². The van der Waals surface area contributed by atoms with Crippen molar-refractivity contribution in [3.05, 3.63) is 76.7 Å². The average molecular weight is 641 g/mol. The maximum Gasteiger partial charge on any atom is 0.408 e. The van der Waals surface area contributed by atoms with Crippen molar-refractivity contribution in [1.82, 2.24) is 19.7 Å². The Labute approximate surface area is 239 Å². The molecule has 0 fully saturated rings. The number of hydrogen-bond donors (Lipinski definition) is 0. The van der Waals surface area contributed by atoms with Crippen molar-refractivity contribution < 1.29 is 39.0 Å². The summed E-state index contributed by atoms with van der Waals surface area (Å²) in [4.78, 5) is 22.1. The van der Waals surface area contributed by atoms with E-state index in [1.54, 1.807) is 18.2 Å². The van der Waals surface area contributed by atoms with Crippen LogP contribution >= 0.6 is 27.3 Å². The lowest BCUT2D eigenvalue weighted by Gasteiger charge is -2.19. The van der Waals surface area contributed by atoms with Crippen molar-refractivity contribution >= 4 is 43.3 Å². The maximum absolute atomic E-state index is 13.5. The molecule has 4 aromatic heterocycles. The zero-order chi connectivity index (χ0) is 30.2. The topological polar surface area (TPSA) is 92.3 Å². The second-order valence-electron chi connectivity index (χ2n) is 8.43. The van der Waals surface area contributed by atoms with Gasteiger partial charge in [0.2, 0.25) is 5.88 Å². The molecule has 5 aromatic rings. The summed E-state index contributed by atoms with van der Waals surface area (Å²) >= 11 is 4.67. The van der Waals surface area contributed by atoms with Crippen LogP contribution in [0.25, 0.3) is 20.9 Å². The van der Waals surface area contributed by atoms with Gasteiger partial charge in [-0.05, 0) is 46.6 Å². The van der Waals surface area contributed by atoms with Crippen LogP contribution in [0.5, 0.6) is 11.6 Å². The number of ketones is 1. The molecule has 0 spiro atoms. The molecule has 0 aliphatic carbocycles. The first-order valence-electron chi connectivity index (χ1n) is 12.5. The number of carbonyl (C=O) groups excluding carboxylic acids is 1. The minimum Gasteiger partial charge on any atom is -0.487 e. The number of nitrogens with zero attached hydrogens (tertiary/aromatic N) is 4. The monoisotopic (exact) mass is 640 g/mol. The van der Waals surface area contributed by atoms with E-state index in [1.165, 1.54) is 42.8 Å². The van der Waals surface area contributed by atoms with Crippen molar-refractivity contribution in [3.8, 4) is 22.3 Å². The molecule has 208 valence electrons. The van der Waals surface area contributed by atoms with Crippen LogP contribution in [0.4, 0.5) is 17.6 Å². The molecule has 5 rings (SSSR count). The molecule has 14 heteroatoms. The van der Waals surface area contributed by atoms with Gasteiger partial charge in [-0.1, -0.05) is 18.2 Å². The lowest BCUT2D eigenvalue weighted by Crippen LogP contribution is -2.28. The summed E-state index contributed by atoms with van der Waals surface area (Å²) in [5, 5.41) is 4.01. The summed E-state index contributed by atoms with van der Waals surface area (Å²) < 4.78 is 86.9. The smallest absolute Gasteiger partial charge is 0.408 e. The molecule has 8 nitrogen and oxygen atoms in total. The minimum atomic E-state index is -4.63. The van der Waals surface area contributed by atoms with Crippen LogP contribution in [0.2, 0.25) is 0 Å². The number of para-hydroxylation sites is 1. The third-order valence-electron chi connectivity index (χ3n) is 5.59. The Bertz CT molecular complexity index is 1760. The molecule has 1 atom stereocenters. The fraction of sp³-hybridized carbons (Fsp3) is 0.231. The molecule has 0 aliphatic heterocycles. The van der Waals surface area contributed by atoms with E-state index in [0.717, 1.165) is 12.3 Å². The van der Waals surface area contributed by atoms with Gasteiger partial charge >= 0.3 is 6.18 Å². The molecule has 0 unspecified atom stereocenters. The van der Waals surface area contributed by atoms with Gasteiger partial charge in [-0.25, -0.2) is 9.97 Å². The Balaban J connectivity index is 1.42. The SMILES string of the molecule is [2H]C([2H])(Oc1ccccc1C[C@@H](Oc1ncnc2sc(-c3ccc(F)o3)c(Br)c12)C(C)=O)c1ccnn1CC(F)(F)F. The zero-order valence-corrected chi connectivity index (χ0v) is 22.8. The van der Waals surface area contributed by atoms with Crippen molar-refractivity contribution in [3.63, 3.8) is 0 Å². The number of halogens is 5. The number of hydrogen-bond acceptors (Lipinski definition) is 8. The van der Waals surface area contributed by atoms with Gasteiger partial charge in [0, 0.05) is 18.7 Å². The van der Waals surface area contributed by atoms with Crippen molar-refractivity contribution in [1.29, 1.82) is 0 Å². The number of fused-ring (bicyclic) bond motifs is 1. The molecule has 0 saturated carbocycles. The van der Waals surface area contributed by atoms with Crippen LogP contribution in [-0.2, 0) is 24.3 Å². The Kier molecular flexibility index (Phi) is 7.17. The third kappa shape index (κ3) is 6.17. The number of rotatable bonds is 10. The summed E-state index contributed by atoms with van der Waals surface area (Å²) in [6.07, 6.45) is -3.54. The van der Waals surface area contributed by atoms with Gasteiger partial charge in [-0.3, -0.25) is 9.48 Å². The number of furan rings is 1. The number of ether oxygens (including phenoxy) is 2. The van der Waals surface area contributed by atoms with Gasteiger partial charge in [0.25, 0.3) is 6.01 Å². The standard InChI is InChI=1S/C26H19BrF4N4O4S/c1-14(36)19(39-24-21-22(27)23(18-6-7-20(28)38-18)40-25(21)33-13-32-24)10-15-4-2-3-5-17(15)37-11-16-8-9-34-35(16)12-26(29,30)31/h2-9,13,19H,10-12H2,1H3/t19-/m1/s1/i11D2. The van der Waals surface area contributed by atoms with Crippen LogP contribution in [0.3, 0.4) is 0 Å². The lowest BCUT2D eigenvalue weighted by atomic mass is 10.0. The van der Waals surface area contributed by atoms with Crippen molar-refractivity contribution in [2.75, 3.05) is 0 Å². The highest BCUT2D eigenvalue weighted by molar-refractivity contribution is 9.10. The number of aromatic nitrogens is 4. The maximum atomic E-state index is 13.5. The first-order chi connectivity index (χ1) is 19.8. The fourth-order valence-corrected chi connectivity index (χ4v) is 5.67. The molecule has 1 aromatic carbocycles. The molecule has 0 N–H and O–H groups in total. The highest BCUT2D eigenvalue weighted by atomic mass is 79.9. The third-order valence-corrected chi connectivity index (χ3v) is 7.76. The Hall–Kier alpha value is -3.78. The highest BCUT2D eigenvalue weighted by Crippen LogP contribution is 2.45. The van der Waals surface area contributed by atoms with Gasteiger partial charge < -0.3 is 13.9 Å². The lowest BCUT2D eigenvalue weighted by molar-refractivity contribution is -0.143. The Morgan fingerprint density at radius 3 is 2.75 bits per heavy atom. The van der Waals surface area contributed by atoms with E-state index in [4.69, 9.17) is 16.6 Å². The summed E-state index contributed by atoms with van der Waals surface area (Å²) in [6.45, 7) is -2.89. The summed E-state index contributed by atoms with van der Waals surface area (Å²) in [7, 11) is 0. The number of alkyl halides is 3. The van der Waals surface area contributed by atoms with Crippen LogP contribution in [0.15, 0.2) is 63.9 Å². The van der Waals surface area contributed by atoms with Crippen LogP contribution < -0.4 is 9.47 Å². The Morgan fingerprint density at radius 2 is 2.02 bits per heavy atom. The predicted molar refractivity (Wildman–Crippen MR) is 141 cm³/mol. The molecule has 40 heavy (non-hydrogen) atoms. The number of thiophene rings is 1. The molecule has 0 radical (unpaired) electrons. The second kappa shape index (κ2) is 11.4. The second-order valence-corrected chi connectivity index (χ2v) is 10.2. The first kappa shape index (κ1) is 25.2. The summed E-state index contributed by atoms with van der Waals surface area (Å²) in [5.74, 6) is -0.0777.